The number of rotatable bonds is 4. The first kappa shape index (κ1) is 39.5. The molecule has 0 unspecified atom stereocenters. The number of carbonyl (C=O) groups excluding carboxylic acids is 2. The van der Waals surface area contributed by atoms with E-state index in [1.54, 1.807) is 10.2 Å². The van der Waals surface area contributed by atoms with E-state index in [4.69, 9.17) is 80.9 Å². The van der Waals surface area contributed by atoms with E-state index < -0.39 is 30.3 Å². The van der Waals surface area contributed by atoms with Gasteiger partial charge in [0.2, 0.25) is 0 Å². The van der Waals surface area contributed by atoms with Crippen molar-refractivity contribution < 1.29 is 34.9 Å². The van der Waals surface area contributed by atoms with Gasteiger partial charge in [-0.15, -0.1) is 35.5 Å². The molecule has 2 aliphatic heterocycles. The molecule has 0 aromatic carbocycles. The zero-order valence-corrected chi connectivity index (χ0v) is 31.3. The Hall–Kier alpha value is -1.67. The number of carbonyl (C=O) groups is 2. The average molecular weight is 847 g/mol. The van der Waals surface area contributed by atoms with Gasteiger partial charge in [0.1, 0.15) is 11.4 Å². The summed E-state index contributed by atoms with van der Waals surface area (Å²) in [4.78, 5) is 40.8. The number of hydrazine groups is 6. The van der Waals surface area contributed by atoms with Gasteiger partial charge in [-0.05, 0) is 45.9 Å². The number of thiocarbonyl (C=S) groups is 4. The molecule has 2 N–H and O–H groups in total. The molecule has 4 heterocycles. The first-order valence-electron chi connectivity index (χ1n) is 12.1. The summed E-state index contributed by atoms with van der Waals surface area (Å²) >= 11 is 36.5. The molecule has 4 rings (SSSR count). The Labute approximate surface area is 309 Å². The second-order valence-corrected chi connectivity index (χ2v) is 12.6. The number of thiol groups is 2. The van der Waals surface area contributed by atoms with Crippen molar-refractivity contribution >= 4 is 128 Å². The van der Waals surface area contributed by atoms with E-state index in [-0.39, 0.29) is 28.7 Å². The zero-order chi connectivity index (χ0) is 33.5. The monoisotopic (exact) mass is 848 g/mol. The van der Waals surface area contributed by atoms with Gasteiger partial charge < -0.3 is 49.7 Å². The quantitative estimate of drug-likeness (QED) is 0.110. The van der Waals surface area contributed by atoms with Crippen LogP contribution in [-0.4, -0.2) is 106 Å². The van der Waals surface area contributed by atoms with E-state index in [1.807, 2.05) is 0 Å². The molecule has 2 aromatic heterocycles. The number of hydrogen-bond donors (Lipinski definition) is 4. The van der Waals surface area contributed by atoms with Crippen LogP contribution in [0.5, 0.6) is 0 Å². The van der Waals surface area contributed by atoms with Crippen LogP contribution in [0.2, 0.25) is 0 Å². The van der Waals surface area contributed by atoms with Crippen LogP contribution in [0.25, 0.3) is 0 Å². The van der Waals surface area contributed by atoms with Crippen molar-refractivity contribution in [3.8, 4) is 0 Å². The van der Waals surface area contributed by atoms with Crippen molar-refractivity contribution in [3.63, 3.8) is 0 Å². The van der Waals surface area contributed by atoms with E-state index in [0.717, 1.165) is 35.9 Å². The van der Waals surface area contributed by atoms with Crippen LogP contribution < -0.4 is 10.9 Å². The molecule has 25 heteroatoms. The third kappa shape index (κ3) is 11.8. The van der Waals surface area contributed by atoms with Crippen LogP contribution in [0.1, 0.15) is 33.8 Å². The maximum absolute atomic E-state index is 12.6. The minimum absolute atomic E-state index is 0.0873. The third-order valence-electron chi connectivity index (χ3n) is 5.16. The van der Waals surface area contributed by atoms with Crippen molar-refractivity contribution in [1.29, 1.82) is 0 Å². The van der Waals surface area contributed by atoms with E-state index >= 15 is 0 Å². The Morgan fingerprint density at radius 1 is 0.756 bits per heavy atom. The van der Waals surface area contributed by atoms with Gasteiger partial charge in [0.15, 0.2) is 8.64 Å². The molecule has 2 saturated heterocycles. The van der Waals surface area contributed by atoms with Crippen LogP contribution >= 0.6 is 74.1 Å². The predicted octanol–water partition coefficient (Wildman–Crippen LogP) is 0.375. The van der Waals surface area contributed by atoms with Crippen LogP contribution in [0.15, 0.2) is 37.2 Å². The van der Waals surface area contributed by atoms with Crippen LogP contribution in [0.4, 0.5) is 0 Å². The fourth-order valence-corrected chi connectivity index (χ4v) is 4.87. The topological polar surface area (TPSA) is 163 Å². The molecule has 0 radical (unpaired) electrons. The summed E-state index contributed by atoms with van der Waals surface area (Å²) in [5.41, 5.74) is 6.35. The molecule has 2 aromatic rings. The summed E-state index contributed by atoms with van der Waals surface area (Å²) in [6.07, 6.45) is 10.2. The molecule has 0 spiro atoms. The summed E-state index contributed by atoms with van der Waals surface area (Å²) < 4.78 is 17.1. The minimum atomic E-state index is -2.03. The van der Waals surface area contributed by atoms with Crippen molar-refractivity contribution in [3.05, 3.63) is 48.6 Å². The molecule has 0 atom stereocenters. The average Bonchev–Trinajstić information content (AvgIpc) is 3.74. The number of hydrogen-bond acceptors (Lipinski definition) is 18. The Bertz CT molecular complexity index is 1300. The van der Waals surface area contributed by atoms with Crippen LogP contribution in [0.3, 0.4) is 0 Å². The van der Waals surface area contributed by atoms with E-state index in [2.05, 4.69) is 56.0 Å². The molecule has 240 valence electrons. The van der Waals surface area contributed by atoms with Crippen molar-refractivity contribution in [2.45, 2.75) is 12.8 Å². The summed E-state index contributed by atoms with van der Waals surface area (Å²) in [5.74, 6) is -1.04. The molecule has 0 aliphatic carbocycles. The molecule has 0 bridgehead atoms. The first-order valence-corrected chi connectivity index (χ1v) is 17.1. The number of aromatic nitrogens is 4. The van der Waals surface area contributed by atoms with Crippen molar-refractivity contribution in [2.24, 2.45) is 0 Å². The van der Waals surface area contributed by atoms with E-state index in [1.165, 1.54) is 47.4 Å². The summed E-state index contributed by atoms with van der Waals surface area (Å²) in [5, 5.41) is 8.09. The summed E-state index contributed by atoms with van der Waals surface area (Å²) in [6, 6.07) is 0. The van der Waals surface area contributed by atoms with Crippen molar-refractivity contribution in [2.75, 3.05) is 26.2 Å². The third-order valence-corrected chi connectivity index (χ3v) is 6.53. The Kier molecular flexibility index (Phi) is 18.0. The molecule has 45 heavy (non-hydrogen) atoms. The number of nitrogens with one attached hydrogen (secondary N) is 2. The molecular formula is C20H22MoN12O4S8. The molecule has 0 saturated carbocycles. The molecule has 2 aliphatic rings. The van der Waals surface area contributed by atoms with Gasteiger partial charge in [-0.2, -0.15) is 10.2 Å². The van der Waals surface area contributed by atoms with Gasteiger partial charge in [-0.1, -0.05) is 0 Å². The normalized spacial score (nSPS) is 13.9. The number of nitrogens with zero attached hydrogens (tertiary/aromatic N) is 10. The summed E-state index contributed by atoms with van der Waals surface area (Å²) in [6.45, 7) is 2.79. The van der Waals surface area contributed by atoms with Crippen LogP contribution in [-0.2, 0) is 50.5 Å². The second kappa shape index (κ2) is 20.5. The molecule has 16 nitrogen and oxygen atoms in total. The van der Waals surface area contributed by atoms with Gasteiger partial charge in [-0.3, -0.25) is 19.6 Å². The van der Waals surface area contributed by atoms with Gasteiger partial charge in [0.25, 0.3) is 11.8 Å². The van der Waals surface area contributed by atoms with Crippen molar-refractivity contribution in [1.82, 2.24) is 61.3 Å². The van der Waals surface area contributed by atoms with Gasteiger partial charge >= 0.3 is 25.3 Å². The van der Waals surface area contributed by atoms with E-state index in [0.29, 0.717) is 13.1 Å². The molecular weight excluding hydrogens is 825 g/mol. The fraction of sp³-hybridized carbons (Fsp3) is 0.300. The fourth-order valence-electron chi connectivity index (χ4n) is 3.48. The maximum atomic E-state index is 12.6. The molecule has 2 amide bonds. The Morgan fingerprint density at radius 2 is 1.11 bits per heavy atom. The molecule has 2 fully saturated rings. The van der Waals surface area contributed by atoms with Gasteiger partial charge in [-0.25, -0.2) is 30.8 Å². The SMILES string of the molecule is O=C(c1cnccn1)N(C(=S)[S-])N(C(=S)S)N1CCCN1.O=C(c1cnccn1)N(C(=S)[S-])N(C(=S)S)N1CCCN1.[O]=[Mo+2]=[O]. The standard InChI is InChI=1S/2C10H12N6OS4.Mo.2O/c2*17-8(7-6-11-3-4-12-7)15(9(18)19)16(10(20)21)14-5-1-2-13-14;;;/h2*3-4,6,13H,1-2,5H2,(H,18,19)(H,20,21);;;/q;;+2;;/p-2. The zero-order valence-electron chi connectivity index (χ0n) is 22.6. The number of amides is 2. The first-order chi connectivity index (χ1) is 21.5. The Balaban J connectivity index is 0.000000288. The van der Waals surface area contributed by atoms with Gasteiger partial charge in [0.05, 0.1) is 12.4 Å². The predicted molar refractivity (Wildman–Crippen MR) is 183 cm³/mol. The second-order valence-electron chi connectivity index (χ2n) is 7.93. The van der Waals surface area contributed by atoms with Crippen LogP contribution in [0, 0.1) is 0 Å². The Morgan fingerprint density at radius 3 is 1.33 bits per heavy atom. The van der Waals surface area contributed by atoms with Gasteiger partial charge in [0, 0.05) is 51.0 Å². The van der Waals surface area contributed by atoms with E-state index in [9.17, 15) is 9.59 Å². The summed E-state index contributed by atoms with van der Waals surface area (Å²) in [7, 11) is 0.